The van der Waals surface area contributed by atoms with Gasteiger partial charge in [0.2, 0.25) is 0 Å². The summed E-state index contributed by atoms with van der Waals surface area (Å²) in [6.45, 7) is 8.18. The summed E-state index contributed by atoms with van der Waals surface area (Å²) in [4.78, 5) is 24.0. The van der Waals surface area contributed by atoms with E-state index >= 15 is 0 Å². The summed E-state index contributed by atoms with van der Waals surface area (Å²) in [6.07, 6.45) is 9.63. The highest BCUT2D eigenvalue weighted by Crippen LogP contribution is 2.21. The van der Waals surface area contributed by atoms with Crippen molar-refractivity contribution in [2.24, 2.45) is 0 Å². The predicted octanol–water partition coefficient (Wildman–Crippen LogP) is 6.00. The average molecular weight is 440 g/mol. The molecule has 4 rings (SSSR count). The molecule has 1 aromatic carbocycles. The van der Waals surface area contributed by atoms with Gasteiger partial charge in [-0.15, -0.1) is 0 Å². The molecule has 3 heterocycles. The van der Waals surface area contributed by atoms with Crippen LogP contribution in [0, 0.1) is 0 Å². The van der Waals surface area contributed by atoms with E-state index in [0.717, 1.165) is 67.8 Å². The molecule has 0 unspecified atom stereocenters. The van der Waals surface area contributed by atoms with E-state index in [9.17, 15) is 4.79 Å². The number of nitrogens with zero attached hydrogens (tertiary/aromatic N) is 3. The van der Waals surface area contributed by atoms with Gasteiger partial charge in [-0.05, 0) is 67.0 Å². The van der Waals surface area contributed by atoms with Gasteiger partial charge in [0.1, 0.15) is 11.6 Å². The van der Waals surface area contributed by atoms with Gasteiger partial charge in [0, 0.05) is 43.9 Å². The third-order valence-corrected chi connectivity index (χ3v) is 6.38. The third kappa shape index (κ3) is 6.38. The fraction of sp³-hybridized carbons (Fsp3) is 0.345. The van der Waals surface area contributed by atoms with Crippen LogP contribution in [0.4, 0.5) is 5.82 Å². The van der Waals surface area contributed by atoms with Gasteiger partial charge < -0.3 is 4.90 Å². The van der Waals surface area contributed by atoms with Crippen LogP contribution in [0.2, 0.25) is 0 Å². The summed E-state index contributed by atoms with van der Waals surface area (Å²) in [5.74, 6) is 1.26. The maximum atomic E-state index is 12.5. The molecular weight excluding hydrogens is 406 g/mol. The molecule has 33 heavy (non-hydrogen) atoms. The van der Waals surface area contributed by atoms with Crippen LogP contribution in [0.25, 0.3) is 11.3 Å². The number of ketones is 1. The van der Waals surface area contributed by atoms with Crippen LogP contribution >= 0.6 is 0 Å². The zero-order valence-corrected chi connectivity index (χ0v) is 19.6. The lowest BCUT2D eigenvalue weighted by Gasteiger charge is -2.29. The monoisotopic (exact) mass is 439 g/mol. The molecule has 0 saturated carbocycles. The molecule has 1 saturated heterocycles. The molecule has 3 aromatic rings. The number of Topliss-reactive ketones (excluding diaryl/α,β-unsaturated/α-hetero) is 1. The number of carbonyl (C=O) groups is 1. The first-order chi connectivity index (χ1) is 16.1. The van der Waals surface area contributed by atoms with Crippen LogP contribution in [0.1, 0.15) is 49.3 Å². The minimum absolute atomic E-state index is 0.264. The minimum atomic E-state index is 0.264. The largest absolute Gasteiger partial charge is 0.356 e. The van der Waals surface area contributed by atoms with Crippen molar-refractivity contribution in [2.45, 2.75) is 51.9 Å². The second-order valence-electron chi connectivity index (χ2n) is 8.94. The summed E-state index contributed by atoms with van der Waals surface area (Å²) < 4.78 is 0. The Balaban J connectivity index is 1.22. The minimum Gasteiger partial charge on any atom is -0.356 e. The lowest BCUT2D eigenvalue weighted by molar-refractivity contribution is -0.118. The molecule has 4 nitrogen and oxygen atoms in total. The number of carbonyl (C=O) groups excluding carboxylic acids is 1. The zero-order valence-electron chi connectivity index (χ0n) is 19.6. The molecule has 0 bridgehead atoms. The van der Waals surface area contributed by atoms with Crippen molar-refractivity contribution in [1.29, 1.82) is 0 Å². The van der Waals surface area contributed by atoms with Crippen molar-refractivity contribution in [3.63, 3.8) is 0 Å². The molecule has 170 valence electrons. The highest BCUT2D eigenvalue weighted by Gasteiger charge is 2.14. The number of hydrogen-bond acceptors (Lipinski definition) is 4. The predicted molar refractivity (Wildman–Crippen MR) is 136 cm³/mol. The Hall–Kier alpha value is -3.27. The number of benzene rings is 1. The molecule has 4 heteroatoms. The maximum Gasteiger partial charge on any atom is 0.137 e. The van der Waals surface area contributed by atoms with Crippen LogP contribution in [-0.4, -0.2) is 28.8 Å². The van der Waals surface area contributed by atoms with Crippen LogP contribution in [0.15, 0.2) is 73.1 Å². The van der Waals surface area contributed by atoms with Gasteiger partial charge in [-0.3, -0.25) is 9.78 Å². The highest BCUT2D eigenvalue weighted by molar-refractivity contribution is 5.80. The number of rotatable bonds is 9. The highest BCUT2D eigenvalue weighted by atomic mass is 16.1. The molecule has 1 aliphatic rings. The number of anilines is 1. The Morgan fingerprint density at radius 1 is 0.970 bits per heavy atom. The number of hydrogen-bond donors (Lipinski definition) is 0. The Morgan fingerprint density at radius 3 is 2.45 bits per heavy atom. The molecule has 0 amide bonds. The smallest absolute Gasteiger partial charge is 0.137 e. The lowest BCUT2D eigenvalue weighted by atomic mass is 10.0. The van der Waals surface area contributed by atoms with Crippen LogP contribution in [-0.2, 0) is 24.1 Å². The molecule has 0 radical (unpaired) electrons. The van der Waals surface area contributed by atoms with Gasteiger partial charge in [0.05, 0.1) is 5.69 Å². The first kappa shape index (κ1) is 22.9. The van der Waals surface area contributed by atoms with Crippen LogP contribution < -0.4 is 4.90 Å². The number of aromatic nitrogens is 2. The first-order valence-electron chi connectivity index (χ1n) is 12.0. The second kappa shape index (κ2) is 11.0. The van der Waals surface area contributed by atoms with Crippen molar-refractivity contribution < 1.29 is 4.79 Å². The van der Waals surface area contributed by atoms with Crippen molar-refractivity contribution >= 4 is 11.6 Å². The van der Waals surface area contributed by atoms with Crippen LogP contribution in [0.3, 0.4) is 0 Å². The molecular formula is C29H33N3O. The topological polar surface area (TPSA) is 46.1 Å². The lowest BCUT2D eigenvalue weighted by Crippen LogP contribution is -2.30. The number of aryl methyl sites for hydroxylation is 2. The van der Waals surface area contributed by atoms with E-state index < -0.39 is 0 Å². The molecule has 0 atom stereocenters. The van der Waals surface area contributed by atoms with Crippen molar-refractivity contribution in [3.8, 4) is 11.3 Å². The summed E-state index contributed by atoms with van der Waals surface area (Å²) in [6, 6.07) is 16.8. The first-order valence-corrected chi connectivity index (χ1v) is 12.0. The number of pyridine rings is 2. The Labute approximate surface area is 197 Å². The fourth-order valence-electron chi connectivity index (χ4n) is 4.26. The molecule has 1 aliphatic heterocycles. The Morgan fingerprint density at radius 2 is 1.76 bits per heavy atom. The summed E-state index contributed by atoms with van der Waals surface area (Å²) in [7, 11) is 0. The van der Waals surface area contributed by atoms with Gasteiger partial charge in [0.15, 0.2) is 0 Å². The molecule has 0 N–H and O–H groups in total. The van der Waals surface area contributed by atoms with E-state index in [2.05, 4.69) is 64.8 Å². The van der Waals surface area contributed by atoms with E-state index in [0.29, 0.717) is 12.8 Å². The third-order valence-electron chi connectivity index (χ3n) is 6.38. The average Bonchev–Trinajstić information content (AvgIpc) is 2.85. The Kier molecular flexibility index (Phi) is 7.66. The van der Waals surface area contributed by atoms with Gasteiger partial charge in [-0.1, -0.05) is 49.4 Å². The van der Waals surface area contributed by atoms with Crippen molar-refractivity contribution in [1.82, 2.24) is 9.97 Å². The maximum absolute atomic E-state index is 12.5. The zero-order chi connectivity index (χ0) is 23.0. The summed E-state index contributed by atoms with van der Waals surface area (Å²) in [5.41, 5.74) is 6.96. The van der Waals surface area contributed by atoms with Gasteiger partial charge in [-0.2, -0.15) is 0 Å². The molecule has 0 spiro atoms. The Bertz CT molecular complexity index is 1080. The normalized spacial score (nSPS) is 13.8. The van der Waals surface area contributed by atoms with Gasteiger partial charge in [-0.25, -0.2) is 4.98 Å². The molecule has 0 aliphatic carbocycles. The summed E-state index contributed by atoms with van der Waals surface area (Å²) >= 11 is 0. The van der Waals surface area contributed by atoms with E-state index in [1.165, 1.54) is 16.7 Å². The van der Waals surface area contributed by atoms with E-state index in [4.69, 9.17) is 0 Å². The SMILES string of the molecule is C=C1CCN(c2ccc(CC(=O)CCCc3ccc(-c4cccc(CC)c4)nc3)cn2)CC1. The van der Waals surface area contributed by atoms with Gasteiger partial charge >= 0.3 is 0 Å². The number of piperidine rings is 1. The van der Waals surface area contributed by atoms with Gasteiger partial charge in [0.25, 0.3) is 0 Å². The van der Waals surface area contributed by atoms with Crippen LogP contribution in [0.5, 0.6) is 0 Å². The quantitative estimate of drug-likeness (QED) is 0.384. The standard InChI is InChI=1S/C29H33N3O/c1-3-23-6-4-8-26(18-23)28-12-10-24(20-30-28)7-5-9-27(33)19-25-11-13-29(31-21-25)32-16-14-22(2)15-17-32/h4,6,8,10-13,18,20-21H,2-3,5,7,9,14-17,19H2,1H3. The van der Waals surface area contributed by atoms with E-state index in [1.807, 2.05) is 24.5 Å². The summed E-state index contributed by atoms with van der Waals surface area (Å²) in [5, 5.41) is 0. The van der Waals surface area contributed by atoms with E-state index in [-0.39, 0.29) is 5.78 Å². The fourth-order valence-corrected chi connectivity index (χ4v) is 4.26. The molecule has 1 fully saturated rings. The second-order valence-corrected chi connectivity index (χ2v) is 8.94. The van der Waals surface area contributed by atoms with Crippen molar-refractivity contribution in [3.05, 3.63) is 89.8 Å². The molecule has 2 aromatic heterocycles. The van der Waals surface area contributed by atoms with E-state index in [1.54, 1.807) is 0 Å². The van der Waals surface area contributed by atoms with Crippen molar-refractivity contribution in [2.75, 3.05) is 18.0 Å².